The summed E-state index contributed by atoms with van der Waals surface area (Å²) >= 11 is 0. The minimum atomic E-state index is -0.0649. The van der Waals surface area contributed by atoms with Gasteiger partial charge in [-0.15, -0.1) is 0 Å². The van der Waals surface area contributed by atoms with Gasteiger partial charge in [0, 0.05) is 24.2 Å². The van der Waals surface area contributed by atoms with E-state index in [0.717, 1.165) is 41.3 Å². The number of aliphatic imine (C=N–C) groups is 1. The Labute approximate surface area is 146 Å². The molecule has 0 bridgehead atoms. The van der Waals surface area contributed by atoms with E-state index in [9.17, 15) is 4.79 Å². The molecule has 25 heavy (non-hydrogen) atoms. The fourth-order valence-electron chi connectivity index (χ4n) is 3.15. The molecule has 2 aromatic rings. The molecule has 2 aliphatic heterocycles. The molecule has 1 N–H and O–H groups in total. The maximum absolute atomic E-state index is 12.4. The van der Waals surface area contributed by atoms with Crippen LogP contribution in [0, 0.1) is 0 Å². The molecular formula is C20H20N2O3. The zero-order chi connectivity index (χ0) is 17.1. The van der Waals surface area contributed by atoms with Crippen LogP contribution in [0.25, 0.3) is 0 Å². The molecule has 0 saturated heterocycles. The number of hydrogen-bond acceptors (Lipinski definition) is 4. The number of anilines is 1. The first-order chi connectivity index (χ1) is 12.3. The summed E-state index contributed by atoms with van der Waals surface area (Å²) in [7, 11) is 0. The standard InChI is InChI=1S/C20H20N2O3/c23-20(22-15-5-2-1-3-6-15)13-17-16-12-19-18(24-9-4-10-25-19)11-14(16)7-8-21-17/h1-3,5-6,11-12H,4,7-10,13H2,(H,22,23). The topological polar surface area (TPSA) is 59.9 Å². The number of amides is 1. The third-order valence-electron chi connectivity index (χ3n) is 4.35. The number of para-hydroxylation sites is 1. The molecule has 2 aliphatic rings. The maximum Gasteiger partial charge on any atom is 0.230 e. The zero-order valence-electron chi connectivity index (χ0n) is 14.0. The van der Waals surface area contributed by atoms with Crippen molar-refractivity contribution in [2.45, 2.75) is 19.3 Å². The number of rotatable bonds is 3. The van der Waals surface area contributed by atoms with Gasteiger partial charge in [0.15, 0.2) is 11.5 Å². The van der Waals surface area contributed by atoms with Gasteiger partial charge >= 0.3 is 0 Å². The molecule has 0 fully saturated rings. The number of carbonyl (C=O) groups is 1. The maximum atomic E-state index is 12.4. The lowest BCUT2D eigenvalue weighted by Gasteiger charge is -2.19. The van der Waals surface area contributed by atoms with E-state index >= 15 is 0 Å². The van der Waals surface area contributed by atoms with Crippen LogP contribution in [-0.2, 0) is 11.2 Å². The summed E-state index contributed by atoms with van der Waals surface area (Å²) in [6, 6.07) is 13.5. The van der Waals surface area contributed by atoms with Gasteiger partial charge in [-0.3, -0.25) is 9.79 Å². The van der Waals surface area contributed by atoms with E-state index in [1.807, 2.05) is 42.5 Å². The van der Waals surface area contributed by atoms with Gasteiger partial charge in [-0.25, -0.2) is 0 Å². The van der Waals surface area contributed by atoms with Gasteiger partial charge in [-0.05, 0) is 36.2 Å². The van der Waals surface area contributed by atoms with E-state index in [1.165, 1.54) is 5.56 Å². The van der Waals surface area contributed by atoms with Crippen molar-refractivity contribution >= 4 is 17.3 Å². The number of fused-ring (bicyclic) bond motifs is 2. The Morgan fingerprint density at radius 2 is 1.84 bits per heavy atom. The van der Waals surface area contributed by atoms with Crippen molar-refractivity contribution in [3.8, 4) is 11.5 Å². The van der Waals surface area contributed by atoms with Crippen molar-refractivity contribution in [3.05, 3.63) is 53.6 Å². The molecule has 4 rings (SSSR count). The predicted octanol–water partition coefficient (Wildman–Crippen LogP) is 3.22. The number of ether oxygens (including phenoxy) is 2. The lowest BCUT2D eigenvalue weighted by Crippen LogP contribution is -2.21. The molecule has 0 atom stereocenters. The molecule has 1 amide bonds. The quantitative estimate of drug-likeness (QED) is 0.936. The first-order valence-electron chi connectivity index (χ1n) is 8.61. The summed E-state index contributed by atoms with van der Waals surface area (Å²) in [5, 5.41) is 2.92. The van der Waals surface area contributed by atoms with Crippen LogP contribution in [0.5, 0.6) is 11.5 Å². The molecule has 0 aliphatic carbocycles. The van der Waals surface area contributed by atoms with Crippen molar-refractivity contribution in [2.24, 2.45) is 4.99 Å². The monoisotopic (exact) mass is 336 g/mol. The van der Waals surface area contributed by atoms with Crippen LogP contribution >= 0.6 is 0 Å². The summed E-state index contributed by atoms with van der Waals surface area (Å²) in [6.45, 7) is 2.01. The van der Waals surface area contributed by atoms with Crippen molar-refractivity contribution in [1.29, 1.82) is 0 Å². The Hall–Kier alpha value is -2.82. The predicted molar refractivity (Wildman–Crippen MR) is 96.8 cm³/mol. The third kappa shape index (κ3) is 3.50. The highest BCUT2D eigenvalue weighted by molar-refractivity contribution is 6.14. The fraction of sp³-hybridized carbons (Fsp3) is 0.300. The SMILES string of the molecule is O=C(CC1=NCCc2cc3c(cc21)OCCCO3)Nc1ccccc1. The van der Waals surface area contributed by atoms with E-state index < -0.39 is 0 Å². The summed E-state index contributed by atoms with van der Waals surface area (Å²) in [5.74, 6) is 1.48. The Bertz CT molecular complexity index is 815. The highest BCUT2D eigenvalue weighted by atomic mass is 16.5. The Kier molecular flexibility index (Phi) is 4.37. The van der Waals surface area contributed by atoms with E-state index in [2.05, 4.69) is 10.3 Å². The van der Waals surface area contributed by atoms with Gasteiger partial charge in [0.2, 0.25) is 5.91 Å². The summed E-state index contributed by atoms with van der Waals surface area (Å²) in [5.41, 5.74) is 3.77. The second-order valence-electron chi connectivity index (χ2n) is 6.18. The van der Waals surface area contributed by atoms with Crippen LogP contribution in [0.1, 0.15) is 24.0 Å². The molecule has 0 aromatic heterocycles. The zero-order valence-corrected chi connectivity index (χ0v) is 14.0. The molecule has 5 nitrogen and oxygen atoms in total. The highest BCUT2D eigenvalue weighted by Gasteiger charge is 2.21. The third-order valence-corrected chi connectivity index (χ3v) is 4.35. The van der Waals surface area contributed by atoms with E-state index in [1.54, 1.807) is 0 Å². The van der Waals surface area contributed by atoms with Crippen LogP contribution in [0.4, 0.5) is 5.69 Å². The molecule has 0 spiro atoms. The number of carbonyl (C=O) groups excluding carboxylic acids is 1. The van der Waals surface area contributed by atoms with Crippen molar-refractivity contribution in [1.82, 2.24) is 0 Å². The molecule has 0 saturated carbocycles. The van der Waals surface area contributed by atoms with Gasteiger partial charge in [-0.1, -0.05) is 18.2 Å². The van der Waals surface area contributed by atoms with Crippen LogP contribution in [0.2, 0.25) is 0 Å². The summed E-state index contributed by atoms with van der Waals surface area (Å²) in [6.07, 6.45) is 1.98. The summed E-state index contributed by atoms with van der Waals surface area (Å²) in [4.78, 5) is 17.0. The van der Waals surface area contributed by atoms with Crippen LogP contribution in [-0.4, -0.2) is 31.4 Å². The van der Waals surface area contributed by atoms with Crippen molar-refractivity contribution < 1.29 is 14.3 Å². The van der Waals surface area contributed by atoms with E-state index in [-0.39, 0.29) is 12.3 Å². The van der Waals surface area contributed by atoms with Gasteiger partial charge in [0.25, 0.3) is 0 Å². The first kappa shape index (κ1) is 15.7. The second kappa shape index (κ2) is 6.97. The Balaban J connectivity index is 1.55. The largest absolute Gasteiger partial charge is 0.490 e. The Morgan fingerprint density at radius 1 is 1.08 bits per heavy atom. The normalized spacial score (nSPS) is 15.6. The van der Waals surface area contributed by atoms with Crippen LogP contribution < -0.4 is 14.8 Å². The molecule has 2 aromatic carbocycles. The van der Waals surface area contributed by atoms with Gasteiger partial charge in [-0.2, -0.15) is 0 Å². The lowest BCUT2D eigenvalue weighted by atomic mass is 9.95. The van der Waals surface area contributed by atoms with E-state index in [4.69, 9.17) is 9.47 Å². The van der Waals surface area contributed by atoms with Crippen molar-refractivity contribution in [2.75, 3.05) is 25.1 Å². The first-order valence-corrected chi connectivity index (χ1v) is 8.61. The van der Waals surface area contributed by atoms with Crippen LogP contribution in [0.3, 0.4) is 0 Å². The van der Waals surface area contributed by atoms with Crippen molar-refractivity contribution in [3.63, 3.8) is 0 Å². The minimum Gasteiger partial charge on any atom is -0.490 e. The number of nitrogens with zero attached hydrogens (tertiary/aromatic N) is 1. The molecule has 0 unspecified atom stereocenters. The number of benzene rings is 2. The molecular weight excluding hydrogens is 316 g/mol. The lowest BCUT2D eigenvalue weighted by molar-refractivity contribution is -0.115. The fourth-order valence-corrected chi connectivity index (χ4v) is 3.15. The molecule has 2 heterocycles. The molecule has 128 valence electrons. The van der Waals surface area contributed by atoms with Gasteiger partial charge in [0.1, 0.15) is 0 Å². The summed E-state index contributed by atoms with van der Waals surface area (Å²) < 4.78 is 11.5. The average Bonchev–Trinajstić information content (AvgIpc) is 2.86. The second-order valence-corrected chi connectivity index (χ2v) is 6.18. The Morgan fingerprint density at radius 3 is 2.64 bits per heavy atom. The number of nitrogens with one attached hydrogen (secondary N) is 1. The van der Waals surface area contributed by atoms with Crippen LogP contribution in [0.15, 0.2) is 47.5 Å². The number of hydrogen-bond donors (Lipinski definition) is 1. The molecule has 0 radical (unpaired) electrons. The minimum absolute atomic E-state index is 0.0649. The smallest absolute Gasteiger partial charge is 0.230 e. The average molecular weight is 336 g/mol. The van der Waals surface area contributed by atoms with Gasteiger partial charge in [0.05, 0.1) is 25.3 Å². The van der Waals surface area contributed by atoms with Gasteiger partial charge < -0.3 is 14.8 Å². The highest BCUT2D eigenvalue weighted by Crippen LogP contribution is 2.35. The molecule has 5 heteroatoms. The van der Waals surface area contributed by atoms with E-state index in [0.29, 0.717) is 19.8 Å².